The summed E-state index contributed by atoms with van der Waals surface area (Å²) >= 11 is 5.97. The first kappa shape index (κ1) is 17.2. The molecule has 1 aromatic carbocycles. The number of carbonyl (C=O) groups is 1. The molecule has 0 radical (unpaired) electrons. The molecule has 0 aliphatic heterocycles. The van der Waals surface area contributed by atoms with Crippen molar-refractivity contribution in [1.82, 2.24) is 9.88 Å². The van der Waals surface area contributed by atoms with Crippen LogP contribution in [-0.2, 0) is 16.1 Å². The van der Waals surface area contributed by atoms with Gasteiger partial charge in [0.15, 0.2) is 0 Å². The number of hydrogen-bond donors (Lipinski definition) is 1. The average Bonchev–Trinajstić information content (AvgIpc) is 2.55. The number of nitrogens with one attached hydrogen (secondary N) is 1. The quantitative estimate of drug-likeness (QED) is 0.845. The second-order valence-corrected chi connectivity index (χ2v) is 5.50. The lowest BCUT2D eigenvalue weighted by atomic mass is 10.1. The first-order valence-corrected chi connectivity index (χ1v) is 7.68. The van der Waals surface area contributed by atoms with Crippen LogP contribution in [0.25, 0.3) is 0 Å². The number of methoxy groups -OCH3 is 1. The number of aryl methyl sites for hydroxylation is 1. The van der Waals surface area contributed by atoms with Gasteiger partial charge >= 0.3 is 0 Å². The van der Waals surface area contributed by atoms with E-state index in [4.69, 9.17) is 16.3 Å². The number of hydrogen-bond acceptors (Lipinski definition) is 3. The SMILES string of the molecule is CO[C@@H](CNC(=O)CCn1ccccc1=O)c1cccc(Cl)c1. The molecule has 0 aliphatic carbocycles. The van der Waals surface area contributed by atoms with Crippen LogP contribution < -0.4 is 10.9 Å². The van der Waals surface area contributed by atoms with Crippen molar-refractivity contribution < 1.29 is 9.53 Å². The summed E-state index contributed by atoms with van der Waals surface area (Å²) in [5.41, 5.74) is 0.786. The van der Waals surface area contributed by atoms with Crippen LogP contribution >= 0.6 is 11.6 Å². The summed E-state index contributed by atoms with van der Waals surface area (Å²) in [6, 6.07) is 12.2. The Kier molecular flexibility index (Phi) is 6.38. The van der Waals surface area contributed by atoms with Gasteiger partial charge in [0.1, 0.15) is 0 Å². The molecule has 0 spiro atoms. The Hall–Kier alpha value is -2.11. The van der Waals surface area contributed by atoms with Gasteiger partial charge < -0.3 is 14.6 Å². The molecule has 122 valence electrons. The Morgan fingerprint density at radius 3 is 2.83 bits per heavy atom. The maximum atomic E-state index is 11.9. The second-order valence-electron chi connectivity index (χ2n) is 5.07. The van der Waals surface area contributed by atoms with E-state index in [0.29, 0.717) is 18.1 Å². The molecular formula is C17H19ClN2O3. The maximum Gasteiger partial charge on any atom is 0.250 e. The van der Waals surface area contributed by atoms with Gasteiger partial charge in [0.05, 0.1) is 6.10 Å². The average molecular weight is 335 g/mol. The van der Waals surface area contributed by atoms with E-state index in [1.165, 1.54) is 10.6 Å². The zero-order valence-corrected chi connectivity index (χ0v) is 13.6. The summed E-state index contributed by atoms with van der Waals surface area (Å²) in [5.74, 6) is -0.134. The molecule has 5 nitrogen and oxygen atoms in total. The molecule has 0 fully saturated rings. The first-order chi connectivity index (χ1) is 11.1. The summed E-state index contributed by atoms with van der Waals surface area (Å²) in [6.07, 6.45) is 1.63. The molecule has 1 atom stereocenters. The van der Waals surface area contributed by atoms with Gasteiger partial charge in [-0.2, -0.15) is 0 Å². The van der Waals surface area contributed by atoms with Crippen LogP contribution in [0, 0.1) is 0 Å². The number of pyridine rings is 1. The molecule has 1 amide bonds. The number of nitrogens with zero attached hydrogens (tertiary/aromatic N) is 1. The largest absolute Gasteiger partial charge is 0.375 e. The van der Waals surface area contributed by atoms with Gasteiger partial charge in [0.2, 0.25) is 5.91 Å². The minimum atomic E-state index is -0.267. The number of amides is 1. The molecule has 23 heavy (non-hydrogen) atoms. The molecule has 0 saturated heterocycles. The smallest absolute Gasteiger partial charge is 0.250 e. The lowest BCUT2D eigenvalue weighted by Crippen LogP contribution is -2.30. The third-order valence-electron chi connectivity index (χ3n) is 3.47. The van der Waals surface area contributed by atoms with Gasteiger partial charge in [-0.05, 0) is 23.8 Å². The van der Waals surface area contributed by atoms with Crippen LogP contribution in [0.4, 0.5) is 0 Å². The van der Waals surface area contributed by atoms with E-state index in [9.17, 15) is 9.59 Å². The highest BCUT2D eigenvalue weighted by molar-refractivity contribution is 6.30. The number of carbonyl (C=O) groups excluding carboxylic acids is 1. The van der Waals surface area contributed by atoms with Crippen molar-refractivity contribution in [2.24, 2.45) is 0 Å². The molecule has 1 aromatic heterocycles. The van der Waals surface area contributed by atoms with Crippen LogP contribution in [0.15, 0.2) is 53.5 Å². The van der Waals surface area contributed by atoms with E-state index in [-0.39, 0.29) is 24.0 Å². The van der Waals surface area contributed by atoms with Gasteiger partial charge in [-0.3, -0.25) is 9.59 Å². The fourth-order valence-corrected chi connectivity index (χ4v) is 2.41. The molecule has 6 heteroatoms. The summed E-state index contributed by atoms with van der Waals surface area (Å²) < 4.78 is 6.90. The van der Waals surface area contributed by atoms with E-state index in [2.05, 4.69) is 5.32 Å². The van der Waals surface area contributed by atoms with Crippen LogP contribution in [0.5, 0.6) is 0 Å². The van der Waals surface area contributed by atoms with Crippen molar-refractivity contribution in [2.45, 2.75) is 19.1 Å². The highest BCUT2D eigenvalue weighted by Gasteiger charge is 2.12. The Bertz CT molecular complexity index is 715. The summed E-state index contributed by atoms with van der Waals surface area (Å²) in [4.78, 5) is 23.5. The van der Waals surface area contributed by atoms with Gasteiger partial charge in [-0.25, -0.2) is 0 Å². The van der Waals surface area contributed by atoms with E-state index in [1.54, 1.807) is 31.5 Å². The van der Waals surface area contributed by atoms with Crippen molar-refractivity contribution >= 4 is 17.5 Å². The van der Waals surface area contributed by atoms with Gasteiger partial charge in [0.25, 0.3) is 5.56 Å². The Morgan fingerprint density at radius 2 is 2.13 bits per heavy atom. The Balaban J connectivity index is 1.85. The first-order valence-electron chi connectivity index (χ1n) is 7.30. The highest BCUT2D eigenvalue weighted by Crippen LogP contribution is 2.19. The third-order valence-corrected chi connectivity index (χ3v) is 3.70. The minimum absolute atomic E-state index is 0.117. The molecule has 0 bridgehead atoms. The Morgan fingerprint density at radius 1 is 1.30 bits per heavy atom. The molecule has 0 aliphatic rings. The van der Waals surface area contributed by atoms with Gasteiger partial charge in [-0.15, -0.1) is 0 Å². The van der Waals surface area contributed by atoms with Crippen molar-refractivity contribution in [3.8, 4) is 0 Å². The molecule has 2 aromatic rings. The fraction of sp³-hybridized carbons (Fsp3) is 0.294. The fourth-order valence-electron chi connectivity index (χ4n) is 2.21. The summed E-state index contributed by atoms with van der Waals surface area (Å²) in [5, 5.41) is 3.44. The maximum absolute atomic E-state index is 11.9. The van der Waals surface area contributed by atoms with Crippen molar-refractivity contribution in [3.05, 3.63) is 69.6 Å². The standard InChI is InChI=1S/C17H19ClN2O3/c1-23-15(13-5-4-6-14(18)11-13)12-19-16(21)8-10-20-9-3-2-7-17(20)22/h2-7,9,11,15H,8,10,12H2,1H3,(H,19,21)/t15-/m0/s1. The zero-order chi connectivity index (χ0) is 16.7. The van der Waals surface area contributed by atoms with Gasteiger partial charge in [-0.1, -0.05) is 29.8 Å². The van der Waals surface area contributed by atoms with Crippen molar-refractivity contribution in [2.75, 3.05) is 13.7 Å². The predicted octanol–water partition coefficient (Wildman–Crippen LogP) is 2.40. The van der Waals surface area contributed by atoms with Gasteiger partial charge in [0, 0.05) is 43.9 Å². The third kappa shape index (κ3) is 5.23. The normalized spacial score (nSPS) is 11.9. The lowest BCUT2D eigenvalue weighted by molar-refractivity contribution is -0.121. The summed E-state index contributed by atoms with van der Waals surface area (Å²) in [7, 11) is 1.58. The van der Waals surface area contributed by atoms with E-state index in [1.807, 2.05) is 18.2 Å². The summed E-state index contributed by atoms with van der Waals surface area (Å²) in [6.45, 7) is 0.694. The second kappa shape index (κ2) is 8.50. The number of benzene rings is 1. The zero-order valence-electron chi connectivity index (χ0n) is 12.9. The molecule has 0 unspecified atom stereocenters. The monoisotopic (exact) mass is 334 g/mol. The molecular weight excluding hydrogens is 316 g/mol. The number of rotatable bonds is 7. The van der Waals surface area contributed by atoms with Crippen molar-refractivity contribution in [1.29, 1.82) is 0 Å². The number of aromatic nitrogens is 1. The highest BCUT2D eigenvalue weighted by atomic mass is 35.5. The van der Waals surface area contributed by atoms with Crippen LogP contribution in [0.2, 0.25) is 5.02 Å². The lowest BCUT2D eigenvalue weighted by Gasteiger charge is -2.17. The molecule has 2 rings (SSSR count). The number of ether oxygens (including phenoxy) is 1. The molecule has 1 heterocycles. The van der Waals surface area contributed by atoms with E-state index < -0.39 is 0 Å². The molecule has 0 saturated carbocycles. The van der Waals surface area contributed by atoms with E-state index >= 15 is 0 Å². The molecule has 1 N–H and O–H groups in total. The van der Waals surface area contributed by atoms with E-state index in [0.717, 1.165) is 5.56 Å². The van der Waals surface area contributed by atoms with Crippen LogP contribution in [0.3, 0.4) is 0 Å². The van der Waals surface area contributed by atoms with Crippen LogP contribution in [0.1, 0.15) is 18.1 Å². The predicted molar refractivity (Wildman–Crippen MR) is 89.5 cm³/mol. The van der Waals surface area contributed by atoms with Crippen LogP contribution in [-0.4, -0.2) is 24.1 Å². The topological polar surface area (TPSA) is 60.3 Å². The minimum Gasteiger partial charge on any atom is -0.375 e. The van der Waals surface area contributed by atoms with Crippen molar-refractivity contribution in [3.63, 3.8) is 0 Å². The Labute approximate surface area is 139 Å². The number of halogens is 1.